The normalized spacial score (nSPS) is 19.0. The number of hydrogen-bond acceptors (Lipinski definition) is 5. The van der Waals surface area contributed by atoms with E-state index in [0.717, 1.165) is 24.2 Å². The topological polar surface area (TPSA) is 53.1 Å². The highest BCUT2D eigenvalue weighted by atomic mass is 32.1. The summed E-state index contributed by atoms with van der Waals surface area (Å²) in [5.41, 5.74) is 3.73. The van der Waals surface area contributed by atoms with Crippen molar-refractivity contribution in [2.45, 2.75) is 19.8 Å². The van der Waals surface area contributed by atoms with Crippen LogP contribution in [0, 0.1) is 6.92 Å². The van der Waals surface area contributed by atoms with Crippen LogP contribution in [0.2, 0.25) is 0 Å². The van der Waals surface area contributed by atoms with Crippen molar-refractivity contribution in [1.82, 2.24) is 9.80 Å². The van der Waals surface area contributed by atoms with E-state index in [1.165, 1.54) is 30.5 Å². The first-order valence-electron chi connectivity index (χ1n) is 8.66. The van der Waals surface area contributed by atoms with Crippen molar-refractivity contribution in [3.63, 3.8) is 0 Å². The molecule has 6 nitrogen and oxygen atoms in total. The van der Waals surface area contributed by atoms with Gasteiger partial charge in [-0.3, -0.25) is 14.5 Å². The van der Waals surface area contributed by atoms with Crippen LogP contribution in [-0.2, 0) is 14.3 Å². The van der Waals surface area contributed by atoms with Gasteiger partial charge in [0, 0.05) is 25.8 Å². The van der Waals surface area contributed by atoms with Crippen LogP contribution >= 0.6 is 12.2 Å². The maximum atomic E-state index is 12.7. The van der Waals surface area contributed by atoms with Gasteiger partial charge in [-0.15, -0.1) is 0 Å². The number of esters is 1. The molecular weight excluding hydrogens is 350 g/mol. The average Bonchev–Trinajstić information content (AvgIpc) is 3.23. The molecule has 0 N–H and O–H groups in total. The van der Waals surface area contributed by atoms with Gasteiger partial charge in [-0.05, 0) is 61.3 Å². The first-order chi connectivity index (χ1) is 12.4. The molecular formula is C19H23N3O3S. The molecule has 7 heteroatoms. The first kappa shape index (κ1) is 18.4. The second kappa shape index (κ2) is 7.45. The molecule has 2 fully saturated rings. The number of methoxy groups -OCH3 is 1. The lowest BCUT2D eigenvalue weighted by Crippen LogP contribution is -2.36. The van der Waals surface area contributed by atoms with E-state index in [2.05, 4.69) is 21.8 Å². The molecule has 2 aliphatic rings. The lowest BCUT2D eigenvalue weighted by atomic mass is 10.1. The van der Waals surface area contributed by atoms with Crippen LogP contribution in [0.3, 0.4) is 0 Å². The summed E-state index contributed by atoms with van der Waals surface area (Å²) in [7, 11) is 3.02. The Bertz CT molecular complexity index is 784. The molecule has 2 heterocycles. The fourth-order valence-electron chi connectivity index (χ4n) is 3.29. The first-order valence-corrected chi connectivity index (χ1v) is 9.07. The number of benzene rings is 1. The van der Waals surface area contributed by atoms with Crippen LogP contribution in [0.1, 0.15) is 24.0 Å². The molecule has 0 atom stereocenters. The van der Waals surface area contributed by atoms with Gasteiger partial charge in [0.25, 0.3) is 5.91 Å². The molecule has 3 rings (SSSR count). The van der Waals surface area contributed by atoms with E-state index in [9.17, 15) is 9.59 Å². The number of rotatable bonds is 4. The Morgan fingerprint density at radius 3 is 2.62 bits per heavy atom. The Hall–Kier alpha value is -2.41. The zero-order valence-electron chi connectivity index (χ0n) is 15.3. The van der Waals surface area contributed by atoms with E-state index in [-0.39, 0.29) is 12.5 Å². The van der Waals surface area contributed by atoms with Crippen molar-refractivity contribution in [2.75, 3.05) is 38.7 Å². The molecule has 0 radical (unpaired) electrons. The highest BCUT2D eigenvalue weighted by Gasteiger charge is 2.37. The summed E-state index contributed by atoms with van der Waals surface area (Å²) in [6, 6.07) is 6.28. The van der Waals surface area contributed by atoms with Crippen LogP contribution in [0.5, 0.6) is 0 Å². The van der Waals surface area contributed by atoms with Crippen molar-refractivity contribution in [2.24, 2.45) is 0 Å². The number of likely N-dealkylation sites (N-methyl/N-ethyl adjacent to an activating group) is 1. The minimum absolute atomic E-state index is 0.178. The molecule has 0 saturated carbocycles. The van der Waals surface area contributed by atoms with E-state index >= 15 is 0 Å². The number of ether oxygens (including phenoxy) is 1. The SMILES string of the molecule is COC(=O)CN1C(=O)/C(=C/c2ccc(N3CCCC3)cc2C)N(C)C1=S. The van der Waals surface area contributed by atoms with E-state index in [1.807, 2.05) is 19.1 Å². The fraction of sp³-hybridized carbons (Fsp3) is 0.421. The van der Waals surface area contributed by atoms with Gasteiger partial charge >= 0.3 is 5.97 Å². The Morgan fingerprint density at radius 2 is 2.00 bits per heavy atom. The molecule has 26 heavy (non-hydrogen) atoms. The Morgan fingerprint density at radius 1 is 1.31 bits per heavy atom. The summed E-state index contributed by atoms with van der Waals surface area (Å²) in [5, 5.41) is 0.304. The third-order valence-electron chi connectivity index (χ3n) is 4.88. The van der Waals surface area contributed by atoms with E-state index in [0.29, 0.717) is 10.8 Å². The zero-order chi connectivity index (χ0) is 18.8. The highest BCUT2D eigenvalue weighted by molar-refractivity contribution is 7.80. The van der Waals surface area contributed by atoms with Crippen molar-refractivity contribution in [3.05, 3.63) is 35.0 Å². The van der Waals surface area contributed by atoms with Gasteiger partial charge in [0.15, 0.2) is 5.11 Å². The molecule has 0 spiro atoms. The summed E-state index contributed by atoms with van der Waals surface area (Å²) in [4.78, 5) is 29.5. The predicted molar refractivity (Wildman–Crippen MR) is 105 cm³/mol. The second-order valence-electron chi connectivity index (χ2n) is 6.57. The number of aryl methyl sites for hydroxylation is 1. The fourth-order valence-corrected chi connectivity index (χ4v) is 3.53. The van der Waals surface area contributed by atoms with Crippen LogP contribution in [0.4, 0.5) is 5.69 Å². The molecule has 2 aliphatic heterocycles. The van der Waals surface area contributed by atoms with Gasteiger partial charge in [0.2, 0.25) is 0 Å². The minimum atomic E-state index is -0.499. The van der Waals surface area contributed by atoms with E-state index in [1.54, 1.807) is 11.9 Å². The number of thiocarbonyl (C=S) groups is 1. The predicted octanol–water partition coefficient (Wildman–Crippen LogP) is 2.17. The second-order valence-corrected chi connectivity index (χ2v) is 6.94. The number of carbonyl (C=O) groups is 2. The number of carbonyl (C=O) groups excluding carboxylic acids is 2. The molecule has 1 aromatic carbocycles. The number of nitrogens with zero attached hydrogens (tertiary/aromatic N) is 3. The third kappa shape index (κ3) is 3.44. The lowest BCUT2D eigenvalue weighted by Gasteiger charge is -2.19. The van der Waals surface area contributed by atoms with Crippen molar-refractivity contribution in [3.8, 4) is 0 Å². The Balaban J connectivity index is 1.85. The molecule has 138 valence electrons. The van der Waals surface area contributed by atoms with Crippen molar-refractivity contribution < 1.29 is 14.3 Å². The Labute approximate surface area is 159 Å². The smallest absolute Gasteiger partial charge is 0.325 e. The summed E-state index contributed by atoms with van der Waals surface area (Å²) in [6.07, 6.45) is 4.30. The van der Waals surface area contributed by atoms with E-state index in [4.69, 9.17) is 12.2 Å². The van der Waals surface area contributed by atoms with Crippen LogP contribution < -0.4 is 4.90 Å². The molecule has 2 saturated heterocycles. The monoisotopic (exact) mass is 373 g/mol. The maximum absolute atomic E-state index is 12.7. The maximum Gasteiger partial charge on any atom is 0.325 e. The lowest BCUT2D eigenvalue weighted by molar-refractivity contribution is -0.143. The van der Waals surface area contributed by atoms with Gasteiger partial charge < -0.3 is 14.5 Å². The van der Waals surface area contributed by atoms with Gasteiger partial charge in [0.1, 0.15) is 12.2 Å². The van der Waals surface area contributed by atoms with Crippen LogP contribution in [-0.4, -0.2) is 60.6 Å². The quantitative estimate of drug-likeness (QED) is 0.458. The van der Waals surface area contributed by atoms with E-state index < -0.39 is 5.97 Å². The van der Waals surface area contributed by atoms with Gasteiger partial charge in [-0.25, -0.2) is 0 Å². The van der Waals surface area contributed by atoms with Crippen LogP contribution in [0.15, 0.2) is 23.9 Å². The molecule has 0 unspecified atom stereocenters. The minimum Gasteiger partial charge on any atom is -0.468 e. The Kier molecular flexibility index (Phi) is 5.27. The zero-order valence-corrected chi connectivity index (χ0v) is 16.1. The summed E-state index contributed by atoms with van der Waals surface area (Å²) < 4.78 is 4.64. The van der Waals surface area contributed by atoms with Gasteiger partial charge in [-0.2, -0.15) is 0 Å². The van der Waals surface area contributed by atoms with Gasteiger partial charge in [-0.1, -0.05) is 6.07 Å². The molecule has 1 amide bonds. The molecule has 0 aromatic heterocycles. The molecule has 0 bridgehead atoms. The molecule has 0 aliphatic carbocycles. The number of hydrogen-bond donors (Lipinski definition) is 0. The third-order valence-corrected chi connectivity index (χ3v) is 5.37. The summed E-state index contributed by atoms with van der Waals surface area (Å²) >= 11 is 5.30. The average molecular weight is 373 g/mol. The molecule has 1 aromatic rings. The largest absolute Gasteiger partial charge is 0.468 e. The van der Waals surface area contributed by atoms with Crippen LogP contribution in [0.25, 0.3) is 6.08 Å². The summed E-state index contributed by atoms with van der Waals surface area (Å²) in [6.45, 7) is 4.05. The van der Waals surface area contributed by atoms with Crippen molar-refractivity contribution in [1.29, 1.82) is 0 Å². The number of amides is 1. The highest BCUT2D eigenvalue weighted by Crippen LogP contribution is 2.27. The standard InChI is InChI=1S/C19H23N3O3S/c1-13-10-15(21-8-4-5-9-21)7-6-14(13)11-16-18(24)22(12-17(23)25-3)19(26)20(16)2/h6-7,10-11H,4-5,8-9,12H2,1-3H3/b16-11-. The number of anilines is 1. The van der Waals surface area contributed by atoms with Gasteiger partial charge in [0.05, 0.1) is 7.11 Å². The summed E-state index contributed by atoms with van der Waals surface area (Å²) in [5.74, 6) is -0.785. The van der Waals surface area contributed by atoms with Crippen molar-refractivity contribution >= 4 is 41.0 Å².